The van der Waals surface area contributed by atoms with E-state index in [1.54, 1.807) is 6.92 Å². The minimum Gasteiger partial charge on any atom is -0.466 e. The minimum absolute atomic E-state index is 0.106. The Bertz CT molecular complexity index is 186. The fourth-order valence-corrected chi connectivity index (χ4v) is 1.34. The van der Waals surface area contributed by atoms with E-state index in [-0.39, 0.29) is 18.4 Å². The predicted molar refractivity (Wildman–Crippen MR) is 59.8 cm³/mol. The summed E-state index contributed by atoms with van der Waals surface area (Å²) in [6.07, 6.45) is 0.803. The fourth-order valence-electron chi connectivity index (χ4n) is 0.982. The summed E-state index contributed by atoms with van der Waals surface area (Å²) < 4.78 is 9.84. The van der Waals surface area contributed by atoms with Gasteiger partial charge in [-0.25, -0.2) is 0 Å². The Hall–Kier alpha value is -0.580. The highest BCUT2D eigenvalue weighted by molar-refractivity contribution is 9.09. The van der Waals surface area contributed by atoms with Crippen LogP contribution in [-0.4, -0.2) is 30.0 Å². The van der Waals surface area contributed by atoms with Crippen molar-refractivity contribution in [1.29, 1.82) is 0 Å². The number of halogens is 1. The molecule has 0 bridgehead atoms. The average molecular weight is 281 g/mol. The van der Waals surface area contributed by atoms with Gasteiger partial charge in [-0.3, -0.25) is 9.59 Å². The molecule has 0 saturated heterocycles. The van der Waals surface area contributed by atoms with Gasteiger partial charge in [-0.1, -0.05) is 22.9 Å². The van der Waals surface area contributed by atoms with Crippen LogP contribution in [0.4, 0.5) is 0 Å². The van der Waals surface area contributed by atoms with E-state index in [0.717, 1.165) is 6.42 Å². The molecule has 0 aromatic carbocycles. The van der Waals surface area contributed by atoms with Crippen LogP contribution in [0.25, 0.3) is 0 Å². The highest BCUT2D eigenvalue weighted by Crippen LogP contribution is 2.06. The first-order valence-electron chi connectivity index (χ1n) is 5.05. The second kappa shape index (κ2) is 8.71. The zero-order valence-electron chi connectivity index (χ0n) is 9.12. The summed E-state index contributed by atoms with van der Waals surface area (Å²) in [6, 6.07) is 0. The molecule has 0 aliphatic rings. The molecule has 15 heavy (non-hydrogen) atoms. The third-order valence-corrected chi connectivity index (χ3v) is 2.35. The van der Waals surface area contributed by atoms with Crippen molar-refractivity contribution in [2.24, 2.45) is 0 Å². The van der Waals surface area contributed by atoms with Crippen LogP contribution in [0.15, 0.2) is 0 Å². The minimum atomic E-state index is -0.428. The molecule has 0 spiro atoms. The Kier molecular flexibility index (Phi) is 8.37. The first kappa shape index (κ1) is 14.4. The van der Waals surface area contributed by atoms with E-state index in [0.29, 0.717) is 18.4 Å². The SMILES string of the molecule is CCCC(=O)OC(CBr)CC(=O)OCC. The Morgan fingerprint density at radius 3 is 2.40 bits per heavy atom. The third kappa shape index (κ3) is 7.36. The monoisotopic (exact) mass is 280 g/mol. The van der Waals surface area contributed by atoms with Gasteiger partial charge in [0.1, 0.15) is 6.10 Å². The molecule has 0 rings (SSSR count). The van der Waals surface area contributed by atoms with Crippen molar-refractivity contribution in [2.75, 3.05) is 11.9 Å². The van der Waals surface area contributed by atoms with Gasteiger partial charge in [0.05, 0.1) is 13.0 Å². The topological polar surface area (TPSA) is 52.6 Å². The summed E-state index contributed by atoms with van der Waals surface area (Å²) >= 11 is 3.19. The number of rotatable bonds is 7. The van der Waals surface area contributed by atoms with E-state index in [9.17, 15) is 9.59 Å². The van der Waals surface area contributed by atoms with Crippen LogP contribution in [0.1, 0.15) is 33.1 Å². The van der Waals surface area contributed by atoms with Crippen LogP contribution < -0.4 is 0 Å². The number of ether oxygens (including phenoxy) is 2. The molecule has 4 nitrogen and oxygen atoms in total. The maximum atomic E-state index is 11.2. The Morgan fingerprint density at radius 2 is 1.93 bits per heavy atom. The van der Waals surface area contributed by atoms with E-state index < -0.39 is 6.10 Å². The number of carbonyl (C=O) groups is 2. The number of hydrogen-bond acceptors (Lipinski definition) is 4. The largest absolute Gasteiger partial charge is 0.466 e. The van der Waals surface area contributed by atoms with Crippen molar-refractivity contribution in [3.8, 4) is 0 Å². The third-order valence-electron chi connectivity index (χ3n) is 1.62. The van der Waals surface area contributed by atoms with Crippen LogP contribution in [-0.2, 0) is 19.1 Å². The van der Waals surface area contributed by atoms with E-state index in [1.807, 2.05) is 6.92 Å². The maximum absolute atomic E-state index is 11.2. The first-order valence-corrected chi connectivity index (χ1v) is 6.17. The molecule has 0 heterocycles. The average Bonchev–Trinajstić information content (AvgIpc) is 2.17. The molecular weight excluding hydrogens is 264 g/mol. The number of carbonyl (C=O) groups excluding carboxylic acids is 2. The highest BCUT2D eigenvalue weighted by atomic mass is 79.9. The van der Waals surface area contributed by atoms with Gasteiger partial charge in [0, 0.05) is 11.8 Å². The molecule has 0 saturated carbocycles. The van der Waals surface area contributed by atoms with Crippen molar-refractivity contribution in [3.63, 3.8) is 0 Å². The zero-order chi connectivity index (χ0) is 11.7. The van der Waals surface area contributed by atoms with E-state index in [4.69, 9.17) is 9.47 Å². The van der Waals surface area contributed by atoms with Gasteiger partial charge in [-0.2, -0.15) is 0 Å². The number of esters is 2. The lowest BCUT2D eigenvalue weighted by Crippen LogP contribution is -2.24. The van der Waals surface area contributed by atoms with Gasteiger partial charge in [-0.15, -0.1) is 0 Å². The first-order chi connectivity index (χ1) is 7.13. The molecule has 0 N–H and O–H groups in total. The summed E-state index contributed by atoms with van der Waals surface area (Å²) in [5, 5.41) is 0.446. The molecule has 0 aliphatic carbocycles. The molecule has 0 radical (unpaired) electrons. The number of hydrogen-bond donors (Lipinski definition) is 0. The summed E-state index contributed by atoms with van der Waals surface area (Å²) in [6.45, 7) is 3.98. The highest BCUT2D eigenvalue weighted by Gasteiger charge is 2.17. The zero-order valence-corrected chi connectivity index (χ0v) is 10.7. The van der Waals surface area contributed by atoms with Crippen molar-refractivity contribution in [1.82, 2.24) is 0 Å². The Balaban J connectivity index is 3.91. The standard InChI is InChI=1S/C10H17BrO4/c1-3-5-9(12)15-8(7-11)6-10(13)14-4-2/h8H,3-7H2,1-2H3. The lowest BCUT2D eigenvalue weighted by molar-refractivity contribution is -0.153. The summed E-state index contributed by atoms with van der Waals surface area (Å²) in [5.74, 6) is -0.613. The molecule has 0 aromatic rings. The van der Waals surface area contributed by atoms with Crippen molar-refractivity contribution < 1.29 is 19.1 Å². The number of alkyl halides is 1. The van der Waals surface area contributed by atoms with Crippen LogP contribution in [0.3, 0.4) is 0 Å². The molecule has 1 unspecified atom stereocenters. The van der Waals surface area contributed by atoms with Crippen LogP contribution >= 0.6 is 15.9 Å². The summed E-state index contributed by atoms with van der Waals surface area (Å²) in [5.41, 5.74) is 0. The normalized spacial score (nSPS) is 11.9. The molecule has 0 fully saturated rings. The van der Waals surface area contributed by atoms with Gasteiger partial charge in [0.25, 0.3) is 0 Å². The Labute approximate surface area is 98.4 Å². The fraction of sp³-hybridized carbons (Fsp3) is 0.800. The van der Waals surface area contributed by atoms with Gasteiger partial charge in [0.15, 0.2) is 0 Å². The molecular formula is C10H17BrO4. The Morgan fingerprint density at radius 1 is 1.27 bits per heavy atom. The molecule has 0 aromatic heterocycles. The van der Waals surface area contributed by atoms with Gasteiger partial charge in [-0.05, 0) is 13.3 Å². The van der Waals surface area contributed by atoms with Crippen molar-refractivity contribution >= 4 is 27.9 Å². The second-order valence-corrected chi connectivity index (χ2v) is 3.67. The lowest BCUT2D eigenvalue weighted by atomic mass is 10.3. The summed E-state index contributed by atoms with van der Waals surface area (Å²) in [7, 11) is 0. The van der Waals surface area contributed by atoms with E-state index >= 15 is 0 Å². The van der Waals surface area contributed by atoms with Crippen molar-refractivity contribution in [2.45, 2.75) is 39.2 Å². The van der Waals surface area contributed by atoms with Gasteiger partial charge < -0.3 is 9.47 Å². The summed E-state index contributed by atoms with van der Waals surface area (Å²) in [4.78, 5) is 22.3. The lowest BCUT2D eigenvalue weighted by Gasteiger charge is -2.14. The van der Waals surface area contributed by atoms with Crippen LogP contribution in [0, 0.1) is 0 Å². The smallest absolute Gasteiger partial charge is 0.309 e. The maximum Gasteiger partial charge on any atom is 0.309 e. The van der Waals surface area contributed by atoms with Crippen LogP contribution in [0.2, 0.25) is 0 Å². The quantitative estimate of drug-likeness (QED) is 0.529. The molecule has 88 valence electrons. The van der Waals surface area contributed by atoms with Crippen molar-refractivity contribution in [3.05, 3.63) is 0 Å². The molecule has 0 aliphatic heterocycles. The predicted octanol–water partition coefficient (Wildman–Crippen LogP) is 2.05. The molecule has 5 heteroatoms. The van der Waals surface area contributed by atoms with Crippen LogP contribution in [0.5, 0.6) is 0 Å². The van der Waals surface area contributed by atoms with Gasteiger partial charge >= 0.3 is 11.9 Å². The van der Waals surface area contributed by atoms with E-state index in [2.05, 4.69) is 15.9 Å². The van der Waals surface area contributed by atoms with Gasteiger partial charge in [0.2, 0.25) is 0 Å². The molecule has 1 atom stereocenters. The second-order valence-electron chi connectivity index (χ2n) is 3.03. The van der Waals surface area contributed by atoms with E-state index in [1.165, 1.54) is 0 Å². The molecule has 0 amide bonds.